The fourth-order valence-electron chi connectivity index (χ4n) is 3.09. The summed E-state index contributed by atoms with van der Waals surface area (Å²) in [5, 5.41) is 3.86. The Bertz CT molecular complexity index is 508. The Labute approximate surface area is 132 Å². The first kappa shape index (κ1) is 16.7. The maximum atomic E-state index is 13.7. The number of piperazine rings is 1. The SMILES string of the molecule is CC1(C)CN(Cc2cccc(F)c2Cl)C(C(C)(C)C)CN1. The Hall–Kier alpha value is -0.640. The molecule has 1 aromatic rings. The lowest BCUT2D eigenvalue weighted by Gasteiger charge is -2.49. The zero-order chi connectivity index (χ0) is 15.8. The lowest BCUT2D eigenvalue weighted by atomic mass is 9.82. The first-order chi connectivity index (χ1) is 9.60. The quantitative estimate of drug-likeness (QED) is 0.885. The molecule has 1 heterocycles. The maximum absolute atomic E-state index is 13.7. The van der Waals surface area contributed by atoms with Gasteiger partial charge >= 0.3 is 0 Å². The number of benzene rings is 1. The van der Waals surface area contributed by atoms with Gasteiger partial charge < -0.3 is 5.32 Å². The molecule has 1 aliphatic rings. The molecule has 1 aliphatic heterocycles. The normalized spacial score (nSPS) is 23.3. The number of nitrogens with zero attached hydrogens (tertiary/aromatic N) is 1. The second-order valence-electron chi connectivity index (χ2n) is 7.76. The van der Waals surface area contributed by atoms with E-state index in [1.54, 1.807) is 6.07 Å². The molecule has 0 radical (unpaired) electrons. The average molecular weight is 313 g/mol. The smallest absolute Gasteiger partial charge is 0.142 e. The van der Waals surface area contributed by atoms with E-state index in [0.717, 1.165) is 18.7 Å². The molecule has 0 amide bonds. The van der Waals surface area contributed by atoms with E-state index in [0.29, 0.717) is 12.6 Å². The van der Waals surface area contributed by atoms with Crippen LogP contribution in [-0.2, 0) is 6.54 Å². The minimum Gasteiger partial charge on any atom is -0.309 e. The summed E-state index contributed by atoms with van der Waals surface area (Å²) in [6.45, 7) is 13.7. The predicted octanol–water partition coefficient (Wildman–Crippen LogP) is 4.08. The van der Waals surface area contributed by atoms with Gasteiger partial charge in [0.25, 0.3) is 0 Å². The van der Waals surface area contributed by atoms with Crippen LogP contribution in [0.1, 0.15) is 40.2 Å². The summed E-state index contributed by atoms with van der Waals surface area (Å²) in [5.74, 6) is -0.337. The van der Waals surface area contributed by atoms with Crippen molar-refractivity contribution in [2.75, 3.05) is 13.1 Å². The Morgan fingerprint density at radius 1 is 1.38 bits per heavy atom. The van der Waals surface area contributed by atoms with E-state index in [4.69, 9.17) is 11.6 Å². The van der Waals surface area contributed by atoms with Crippen molar-refractivity contribution >= 4 is 11.6 Å². The molecule has 0 spiro atoms. The standard InChI is InChI=1S/C17H26ClFN2/c1-16(2,3)14-9-20-17(4,5)11-21(14)10-12-7-6-8-13(19)15(12)18/h6-8,14,20H,9-11H2,1-5H3. The molecule has 4 heteroatoms. The highest BCUT2D eigenvalue weighted by molar-refractivity contribution is 6.31. The molecule has 1 aromatic carbocycles. The highest BCUT2D eigenvalue weighted by atomic mass is 35.5. The second kappa shape index (κ2) is 5.86. The Kier molecular flexibility index (Phi) is 4.67. The fraction of sp³-hybridized carbons (Fsp3) is 0.647. The zero-order valence-electron chi connectivity index (χ0n) is 13.6. The number of halogens is 2. The Balaban J connectivity index is 2.26. The van der Waals surface area contributed by atoms with Crippen LogP contribution < -0.4 is 5.32 Å². The third-order valence-electron chi connectivity index (χ3n) is 4.22. The minimum absolute atomic E-state index is 0.0571. The lowest BCUT2D eigenvalue weighted by molar-refractivity contribution is 0.0271. The van der Waals surface area contributed by atoms with Crippen molar-refractivity contribution in [1.82, 2.24) is 10.2 Å². The summed E-state index contributed by atoms with van der Waals surface area (Å²) >= 11 is 6.13. The van der Waals surface area contributed by atoms with E-state index in [9.17, 15) is 4.39 Å². The van der Waals surface area contributed by atoms with Crippen molar-refractivity contribution in [2.45, 2.75) is 52.7 Å². The van der Waals surface area contributed by atoms with Crippen LogP contribution in [-0.4, -0.2) is 29.6 Å². The molecule has 1 N–H and O–H groups in total. The van der Waals surface area contributed by atoms with Gasteiger partial charge in [-0.05, 0) is 30.9 Å². The van der Waals surface area contributed by atoms with Gasteiger partial charge in [0, 0.05) is 31.2 Å². The van der Waals surface area contributed by atoms with Crippen LogP contribution in [0.3, 0.4) is 0 Å². The monoisotopic (exact) mass is 312 g/mol. The van der Waals surface area contributed by atoms with Gasteiger partial charge in [-0.3, -0.25) is 4.90 Å². The summed E-state index contributed by atoms with van der Waals surface area (Å²) in [5.41, 5.74) is 1.08. The van der Waals surface area contributed by atoms with Crippen LogP contribution in [0.4, 0.5) is 4.39 Å². The molecule has 1 fully saturated rings. The molecule has 1 saturated heterocycles. The van der Waals surface area contributed by atoms with E-state index in [-0.39, 0.29) is 21.8 Å². The van der Waals surface area contributed by atoms with Gasteiger partial charge in [-0.15, -0.1) is 0 Å². The average Bonchev–Trinajstić information content (AvgIpc) is 2.32. The van der Waals surface area contributed by atoms with E-state index in [1.807, 2.05) is 6.07 Å². The molecule has 0 aliphatic carbocycles. The summed E-state index contributed by atoms with van der Waals surface area (Å²) < 4.78 is 13.7. The second-order valence-corrected chi connectivity index (χ2v) is 8.14. The molecule has 2 rings (SSSR count). The summed E-state index contributed by atoms with van der Waals surface area (Å²) in [6, 6.07) is 5.45. The highest BCUT2D eigenvalue weighted by Crippen LogP contribution is 2.31. The van der Waals surface area contributed by atoms with Gasteiger partial charge in [-0.2, -0.15) is 0 Å². The molecular weight excluding hydrogens is 287 g/mol. The van der Waals surface area contributed by atoms with Crippen molar-refractivity contribution in [3.63, 3.8) is 0 Å². The topological polar surface area (TPSA) is 15.3 Å². The zero-order valence-corrected chi connectivity index (χ0v) is 14.4. The van der Waals surface area contributed by atoms with Crippen molar-refractivity contribution in [3.8, 4) is 0 Å². The maximum Gasteiger partial charge on any atom is 0.142 e. The third kappa shape index (κ3) is 3.97. The summed E-state index contributed by atoms with van der Waals surface area (Å²) in [6.07, 6.45) is 0. The molecule has 0 bridgehead atoms. The van der Waals surface area contributed by atoms with E-state index < -0.39 is 0 Å². The van der Waals surface area contributed by atoms with Crippen molar-refractivity contribution in [2.24, 2.45) is 5.41 Å². The van der Waals surface area contributed by atoms with Gasteiger partial charge in [-0.25, -0.2) is 4.39 Å². The van der Waals surface area contributed by atoms with Gasteiger partial charge in [-0.1, -0.05) is 44.5 Å². The van der Waals surface area contributed by atoms with Crippen molar-refractivity contribution in [3.05, 3.63) is 34.6 Å². The lowest BCUT2D eigenvalue weighted by Crippen LogP contribution is -2.64. The largest absolute Gasteiger partial charge is 0.309 e. The van der Waals surface area contributed by atoms with Gasteiger partial charge in [0.1, 0.15) is 5.82 Å². The molecule has 1 unspecified atom stereocenters. The highest BCUT2D eigenvalue weighted by Gasteiger charge is 2.38. The number of hydrogen-bond donors (Lipinski definition) is 1. The minimum atomic E-state index is -0.337. The van der Waals surface area contributed by atoms with Gasteiger partial charge in [0.05, 0.1) is 5.02 Å². The first-order valence-electron chi connectivity index (χ1n) is 7.52. The van der Waals surface area contributed by atoms with Crippen LogP contribution in [0.15, 0.2) is 18.2 Å². The van der Waals surface area contributed by atoms with E-state index in [2.05, 4.69) is 44.8 Å². The van der Waals surface area contributed by atoms with E-state index in [1.165, 1.54) is 6.07 Å². The molecule has 2 nitrogen and oxygen atoms in total. The van der Waals surface area contributed by atoms with Gasteiger partial charge in [0.2, 0.25) is 0 Å². The van der Waals surface area contributed by atoms with E-state index >= 15 is 0 Å². The molecule has 21 heavy (non-hydrogen) atoms. The fourth-order valence-corrected chi connectivity index (χ4v) is 3.27. The van der Waals surface area contributed by atoms with Crippen molar-refractivity contribution in [1.29, 1.82) is 0 Å². The number of hydrogen-bond acceptors (Lipinski definition) is 2. The first-order valence-corrected chi connectivity index (χ1v) is 7.90. The summed E-state index contributed by atoms with van der Waals surface area (Å²) in [7, 11) is 0. The Morgan fingerprint density at radius 3 is 2.67 bits per heavy atom. The molecule has 0 aromatic heterocycles. The third-order valence-corrected chi connectivity index (χ3v) is 4.64. The van der Waals surface area contributed by atoms with Crippen LogP contribution in [0, 0.1) is 11.2 Å². The van der Waals surface area contributed by atoms with Crippen LogP contribution in [0.2, 0.25) is 5.02 Å². The number of rotatable bonds is 2. The van der Waals surface area contributed by atoms with Crippen molar-refractivity contribution < 1.29 is 4.39 Å². The van der Waals surface area contributed by atoms with Crippen LogP contribution in [0.5, 0.6) is 0 Å². The van der Waals surface area contributed by atoms with Crippen LogP contribution >= 0.6 is 11.6 Å². The molecule has 1 atom stereocenters. The molecule has 0 saturated carbocycles. The number of nitrogens with one attached hydrogen (secondary N) is 1. The molecule has 118 valence electrons. The Morgan fingerprint density at radius 2 is 2.05 bits per heavy atom. The summed E-state index contributed by atoms with van der Waals surface area (Å²) in [4.78, 5) is 2.43. The molecular formula is C17H26ClFN2. The predicted molar refractivity (Wildman–Crippen MR) is 87.1 cm³/mol. The van der Waals surface area contributed by atoms with Gasteiger partial charge in [0.15, 0.2) is 0 Å². The van der Waals surface area contributed by atoms with Crippen LogP contribution in [0.25, 0.3) is 0 Å².